The molecule has 0 fully saturated rings. The van der Waals surface area contributed by atoms with Crippen LogP contribution in [-0.2, 0) is 21.4 Å². The van der Waals surface area contributed by atoms with Gasteiger partial charge >= 0.3 is 6.03 Å². The number of benzene rings is 1. The van der Waals surface area contributed by atoms with Gasteiger partial charge in [-0.2, -0.15) is 4.31 Å². The van der Waals surface area contributed by atoms with Crippen molar-refractivity contribution < 1.29 is 18.0 Å². The van der Waals surface area contributed by atoms with E-state index < -0.39 is 27.2 Å². The van der Waals surface area contributed by atoms with E-state index in [9.17, 15) is 18.0 Å². The second kappa shape index (κ2) is 8.93. The molecule has 9 nitrogen and oxygen atoms in total. The van der Waals surface area contributed by atoms with Gasteiger partial charge in [-0.25, -0.2) is 18.2 Å². The van der Waals surface area contributed by atoms with Gasteiger partial charge in [-0.3, -0.25) is 10.1 Å². The quantitative estimate of drug-likeness (QED) is 0.618. The third-order valence-electron chi connectivity index (χ3n) is 4.24. The number of aryl methyl sites for hydroxylation is 1. The molecule has 11 heteroatoms. The average Bonchev–Trinajstić information content (AvgIpc) is 2.97. The zero-order valence-electron chi connectivity index (χ0n) is 16.3. The van der Waals surface area contributed by atoms with Crippen molar-refractivity contribution in [2.24, 2.45) is 5.73 Å². The Morgan fingerprint density at radius 3 is 2.46 bits per heavy atom. The molecule has 154 valence electrons. The third-order valence-corrected chi connectivity index (χ3v) is 7.38. The van der Waals surface area contributed by atoms with E-state index in [1.54, 1.807) is 39.0 Å². The van der Waals surface area contributed by atoms with Crippen LogP contribution in [0.25, 0.3) is 11.0 Å². The van der Waals surface area contributed by atoms with E-state index in [0.717, 1.165) is 5.52 Å². The molecule has 3 amide bonds. The summed E-state index contributed by atoms with van der Waals surface area (Å²) in [5, 5.41) is 2.00. The molecule has 28 heavy (non-hydrogen) atoms. The number of aromatic nitrogens is 2. The number of imidazole rings is 1. The fraction of sp³-hybridized carbons (Fsp3) is 0.471. The Hall–Kier alpha value is -2.11. The van der Waals surface area contributed by atoms with Crippen LogP contribution in [0, 0.1) is 0 Å². The van der Waals surface area contributed by atoms with E-state index in [0.29, 0.717) is 30.3 Å². The molecule has 0 bridgehead atoms. The first-order valence-electron chi connectivity index (χ1n) is 8.93. The number of nitrogens with one attached hydrogen (secondary N) is 1. The maximum atomic E-state index is 12.8. The van der Waals surface area contributed by atoms with Crippen molar-refractivity contribution in [2.75, 3.05) is 13.1 Å². The van der Waals surface area contributed by atoms with Crippen LogP contribution >= 0.6 is 11.8 Å². The van der Waals surface area contributed by atoms with Crippen molar-refractivity contribution in [3.63, 3.8) is 0 Å². The summed E-state index contributed by atoms with van der Waals surface area (Å²) in [5.41, 5.74) is 6.28. The minimum Gasteiger partial charge on any atom is -0.351 e. The van der Waals surface area contributed by atoms with Crippen molar-refractivity contribution in [1.82, 2.24) is 19.2 Å². The first-order valence-corrected chi connectivity index (χ1v) is 11.2. The van der Waals surface area contributed by atoms with Gasteiger partial charge in [0.15, 0.2) is 5.16 Å². The van der Waals surface area contributed by atoms with Crippen molar-refractivity contribution in [1.29, 1.82) is 0 Å². The number of nitrogens with two attached hydrogens (primary N) is 1. The second-order valence-corrected chi connectivity index (χ2v) is 9.24. The predicted molar refractivity (Wildman–Crippen MR) is 109 cm³/mol. The summed E-state index contributed by atoms with van der Waals surface area (Å²) < 4.78 is 28.8. The van der Waals surface area contributed by atoms with Gasteiger partial charge < -0.3 is 10.3 Å². The summed E-state index contributed by atoms with van der Waals surface area (Å²) in [5.74, 6) is -0.517. The Morgan fingerprint density at radius 1 is 1.29 bits per heavy atom. The Kier molecular flexibility index (Phi) is 7.07. The van der Waals surface area contributed by atoms with Crippen LogP contribution in [0.1, 0.15) is 27.7 Å². The van der Waals surface area contributed by atoms with E-state index in [1.165, 1.54) is 16.1 Å². The highest BCUT2D eigenvalue weighted by Crippen LogP contribution is 2.29. The van der Waals surface area contributed by atoms with Gasteiger partial charge in [-0.05, 0) is 32.0 Å². The van der Waals surface area contributed by atoms with Crippen LogP contribution in [0.4, 0.5) is 4.79 Å². The molecule has 0 spiro atoms. The van der Waals surface area contributed by atoms with Gasteiger partial charge in [-0.1, -0.05) is 25.6 Å². The van der Waals surface area contributed by atoms with E-state index in [1.807, 2.05) is 16.8 Å². The molecule has 1 aromatic carbocycles. The van der Waals surface area contributed by atoms with Crippen LogP contribution in [0.3, 0.4) is 0 Å². The van der Waals surface area contributed by atoms with Crippen molar-refractivity contribution in [2.45, 2.75) is 49.5 Å². The van der Waals surface area contributed by atoms with Gasteiger partial charge in [0, 0.05) is 19.6 Å². The fourth-order valence-electron chi connectivity index (χ4n) is 2.79. The highest BCUT2D eigenvalue weighted by Gasteiger charge is 2.24. The predicted octanol–water partition coefficient (Wildman–Crippen LogP) is 1.76. The van der Waals surface area contributed by atoms with Gasteiger partial charge in [0.25, 0.3) is 0 Å². The fourth-order valence-corrected chi connectivity index (χ4v) is 5.26. The van der Waals surface area contributed by atoms with Gasteiger partial charge in [0.1, 0.15) is 0 Å². The van der Waals surface area contributed by atoms with Gasteiger partial charge in [0.05, 0.1) is 21.2 Å². The minimum atomic E-state index is -3.59. The van der Waals surface area contributed by atoms with Crippen LogP contribution < -0.4 is 11.1 Å². The topological polar surface area (TPSA) is 127 Å². The van der Waals surface area contributed by atoms with Crippen molar-refractivity contribution in [3.8, 4) is 0 Å². The lowest BCUT2D eigenvalue weighted by Crippen LogP contribution is -2.39. The molecule has 0 aliphatic carbocycles. The second-order valence-electron chi connectivity index (χ2n) is 5.99. The molecule has 3 N–H and O–H groups in total. The maximum absolute atomic E-state index is 12.8. The van der Waals surface area contributed by atoms with E-state index in [-0.39, 0.29) is 4.90 Å². The molecule has 0 aliphatic heterocycles. The van der Waals surface area contributed by atoms with Crippen LogP contribution in [0.5, 0.6) is 0 Å². The number of hydrogen-bond acceptors (Lipinski definition) is 6. The maximum Gasteiger partial charge on any atom is 0.318 e. The minimum absolute atomic E-state index is 0.181. The summed E-state index contributed by atoms with van der Waals surface area (Å²) in [4.78, 5) is 27.5. The molecule has 0 saturated heterocycles. The SMILES string of the molecule is CCN(CC)S(=O)(=O)c1ccc2c(c1)nc(S[C@@H](C)C(=O)NC(N)=O)n2CC. The zero-order valence-corrected chi connectivity index (χ0v) is 17.9. The third kappa shape index (κ3) is 4.47. The molecule has 1 heterocycles. The highest BCUT2D eigenvalue weighted by atomic mass is 32.2. The number of nitrogens with zero attached hydrogens (tertiary/aromatic N) is 3. The van der Waals surface area contributed by atoms with Crippen LogP contribution in [0.2, 0.25) is 0 Å². The Bertz CT molecular complexity index is 983. The van der Waals surface area contributed by atoms with E-state index >= 15 is 0 Å². The Balaban J connectivity index is 2.43. The standard InChI is InChI=1S/C17H25N5O4S2/c1-5-21(6-2)28(25,26)12-8-9-14-13(10-12)19-17(22(14)7-3)27-11(4)15(23)20-16(18)24/h8-11H,5-7H2,1-4H3,(H3,18,20,23,24)/t11-/m0/s1. The van der Waals surface area contributed by atoms with Crippen LogP contribution in [0.15, 0.2) is 28.3 Å². The molecule has 0 saturated carbocycles. The summed E-state index contributed by atoms with van der Waals surface area (Å²) in [6.45, 7) is 8.50. The van der Waals surface area contributed by atoms with E-state index in [2.05, 4.69) is 4.98 Å². The largest absolute Gasteiger partial charge is 0.351 e. The lowest BCUT2D eigenvalue weighted by Gasteiger charge is -2.18. The molecule has 1 atom stereocenters. The lowest BCUT2D eigenvalue weighted by atomic mass is 10.3. The monoisotopic (exact) mass is 427 g/mol. The first kappa shape index (κ1) is 22.2. The number of fused-ring (bicyclic) bond motifs is 1. The highest BCUT2D eigenvalue weighted by molar-refractivity contribution is 8.00. The molecular weight excluding hydrogens is 402 g/mol. The number of sulfonamides is 1. The van der Waals surface area contributed by atoms with E-state index in [4.69, 9.17) is 5.73 Å². The summed E-state index contributed by atoms with van der Waals surface area (Å²) >= 11 is 1.17. The van der Waals surface area contributed by atoms with Gasteiger partial charge in [-0.15, -0.1) is 0 Å². The zero-order chi connectivity index (χ0) is 21.1. The number of urea groups is 1. The van der Waals surface area contributed by atoms with Crippen molar-refractivity contribution in [3.05, 3.63) is 18.2 Å². The summed E-state index contributed by atoms with van der Waals surface area (Å²) in [6, 6.07) is 3.93. The normalized spacial score (nSPS) is 13.0. The molecule has 0 radical (unpaired) electrons. The Morgan fingerprint density at radius 2 is 1.93 bits per heavy atom. The number of primary amides is 1. The van der Waals surface area contributed by atoms with Gasteiger partial charge in [0.2, 0.25) is 15.9 Å². The number of carbonyl (C=O) groups is 2. The number of thioether (sulfide) groups is 1. The number of carbonyl (C=O) groups excluding carboxylic acids is 2. The average molecular weight is 428 g/mol. The number of hydrogen-bond donors (Lipinski definition) is 2. The number of rotatable bonds is 8. The first-order chi connectivity index (χ1) is 13.1. The number of imide groups is 1. The molecule has 0 unspecified atom stereocenters. The summed E-state index contributed by atoms with van der Waals surface area (Å²) in [7, 11) is -3.59. The smallest absolute Gasteiger partial charge is 0.318 e. The van der Waals surface area contributed by atoms with Crippen LogP contribution in [-0.4, -0.2) is 52.6 Å². The molecule has 1 aromatic heterocycles. The van der Waals surface area contributed by atoms with Crippen molar-refractivity contribution >= 4 is 44.8 Å². The Labute approximate surface area is 168 Å². The summed E-state index contributed by atoms with van der Waals surface area (Å²) in [6.07, 6.45) is 0. The molecule has 0 aliphatic rings. The molecular formula is C17H25N5O4S2. The molecule has 2 aromatic rings. The molecule has 2 rings (SSSR count). The number of amides is 3. The lowest BCUT2D eigenvalue weighted by molar-refractivity contribution is -0.119.